The van der Waals surface area contributed by atoms with E-state index in [1.165, 1.54) is 6.07 Å². The fourth-order valence-corrected chi connectivity index (χ4v) is 3.52. The number of amides is 1. The molecule has 2 aromatic heterocycles. The van der Waals surface area contributed by atoms with Crippen molar-refractivity contribution in [1.29, 1.82) is 0 Å². The number of nitrogens with zero attached hydrogens (tertiary/aromatic N) is 3. The third-order valence-electron chi connectivity index (χ3n) is 5.07. The zero-order valence-corrected chi connectivity index (χ0v) is 15.0. The largest absolute Gasteiger partial charge is 0.371 e. The van der Waals surface area contributed by atoms with Crippen molar-refractivity contribution in [3.63, 3.8) is 0 Å². The summed E-state index contributed by atoms with van der Waals surface area (Å²) in [4.78, 5) is 25.2. The summed E-state index contributed by atoms with van der Waals surface area (Å²) in [5.41, 5.74) is 7.70. The highest BCUT2D eigenvalue weighted by atomic mass is 19.2. The van der Waals surface area contributed by atoms with Crippen LogP contribution in [-0.4, -0.2) is 33.9 Å². The molecule has 1 amide bonds. The van der Waals surface area contributed by atoms with E-state index in [1.54, 1.807) is 18.5 Å². The van der Waals surface area contributed by atoms with Crippen LogP contribution in [-0.2, 0) is 0 Å². The van der Waals surface area contributed by atoms with Gasteiger partial charge in [0.25, 0.3) is 5.91 Å². The zero-order valence-electron chi connectivity index (χ0n) is 15.0. The Morgan fingerprint density at radius 3 is 2.61 bits per heavy atom. The predicted octanol–water partition coefficient (Wildman–Crippen LogP) is 3.23. The molecule has 1 fully saturated rings. The predicted molar refractivity (Wildman–Crippen MR) is 101 cm³/mol. The fourth-order valence-electron chi connectivity index (χ4n) is 3.52. The van der Waals surface area contributed by atoms with Crippen molar-refractivity contribution in [3.05, 3.63) is 65.9 Å². The van der Waals surface area contributed by atoms with Gasteiger partial charge in [0.1, 0.15) is 11.5 Å². The second-order valence-electron chi connectivity index (χ2n) is 6.84. The molecule has 0 saturated carbocycles. The summed E-state index contributed by atoms with van der Waals surface area (Å²) in [5, 5.41) is 0. The molecule has 1 saturated heterocycles. The summed E-state index contributed by atoms with van der Waals surface area (Å²) in [7, 11) is 0. The molecule has 1 aromatic carbocycles. The van der Waals surface area contributed by atoms with Crippen LogP contribution in [0.1, 0.15) is 35.1 Å². The number of carbonyl (C=O) groups excluding carboxylic acids is 1. The summed E-state index contributed by atoms with van der Waals surface area (Å²) in [5.74, 6) is -1.21. The quantitative estimate of drug-likeness (QED) is 0.724. The minimum Gasteiger partial charge on any atom is -0.371 e. The first-order valence-corrected chi connectivity index (χ1v) is 9.02. The van der Waals surface area contributed by atoms with Gasteiger partial charge in [-0.3, -0.25) is 9.78 Å². The maximum Gasteiger partial charge on any atom is 0.267 e. The molecule has 1 aliphatic rings. The first kappa shape index (κ1) is 18.1. The SMILES string of the molecule is NC(=O)c1cc(N2CCC(c3ncc(-c4ccc(F)c(F)c4)[nH]3)CC2)ccn1. The minimum atomic E-state index is -0.880. The second kappa shape index (κ2) is 7.38. The lowest BCUT2D eigenvalue weighted by Gasteiger charge is -2.32. The van der Waals surface area contributed by atoms with E-state index in [4.69, 9.17) is 5.73 Å². The van der Waals surface area contributed by atoms with Crippen LogP contribution >= 0.6 is 0 Å². The monoisotopic (exact) mass is 383 g/mol. The molecule has 0 radical (unpaired) electrons. The molecule has 3 heterocycles. The lowest BCUT2D eigenvalue weighted by Crippen LogP contribution is -2.33. The molecule has 0 atom stereocenters. The van der Waals surface area contributed by atoms with E-state index in [9.17, 15) is 13.6 Å². The number of imidazole rings is 1. The van der Waals surface area contributed by atoms with Gasteiger partial charge in [-0.25, -0.2) is 13.8 Å². The second-order valence-corrected chi connectivity index (χ2v) is 6.84. The van der Waals surface area contributed by atoms with Gasteiger partial charge < -0.3 is 15.6 Å². The molecule has 4 rings (SSSR count). The Kier molecular flexibility index (Phi) is 4.77. The highest BCUT2D eigenvalue weighted by molar-refractivity contribution is 5.91. The van der Waals surface area contributed by atoms with Gasteiger partial charge in [-0.1, -0.05) is 0 Å². The van der Waals surface area contributed by atoms with E-state index in [0.717, 1.165) is 49.6 Å². The van der Waals surface area contributed by atoms with Crippen molar-refractivity contribution < 1.29 is 13.6 Å². The number of primary amides is 1. The Morgan fingerprint density at radius 2 is 1.89 bits per heavy atom. The number of benzene rings is 1. The van der Waals surface area contributed by atoms with Crippen LogP contribution in [0.2, 0.25) is 0 Å². The number of hydrogen-bond acceptors (Lipinski definition) is 4. The van der Waals surface area contributed by atoms with Gasteiger partial charge in [-0.05, 0) is 43.2 Å². The summed E-state index contributed by atoms with van der Waals surface area (Å²) >= 11 is 0. The molecule has 28 heavy (non-hydrogen) atoms. The van der Waals surface area contributed by atoms with Crippen LogP contribution in [0, 0.1) is 11.6 Å². The molecule has 3 N–H and O–H groups in total. The number of anilines is 1. The van der Waals surface area contributed by atoms with Crippen LogP contribution in [0.5, 0.6) is 0 Å². The van der Waals surface area contributed by atoms with E-state index in [2.05, 4.69) is 19.9 Å². The maximum atomic E-state index is 13.5. The summed E-state index contributed by atoms with van der Waals surface area (Å²) < 4.78 is 26.6. The van der Waals surface area contributed by atoms with E-state index < -0.39 is 17.5 Å². The topological polar surface area (TPSA) is 87.9 Å². The number of pyridine rings is 1. The number of nitrogens with one attached hydrogen (secondary N) is 1. The molecule has 6 nitrogen and oxygen atoms in total. The molecular weight excluding hydrogens is 364 g/mol. The maximum absolute atomic E-state index is 13.5. The van der Waals surface area contributed by atoms with E-state index >= 15 is 0 Å². The number of carbonyl (C=O) groups is 1. The minimum absolute atomic E-state index is 0.243. The zero-order chi connectivity index (χ0) is 19.7. The van der Waals surface area contributed by atoms with Gasteiger partial charge in [0, 0.05) is 36.5 Å². The van der Waals surface area contributed by atoms with Gasteiger partial charge in [0.05, 0.1) is 11.9 Å². The lowest BCUT2D eigenvalue weighted by molar-refractivity contribution is 0.0995. The summed E-state index contributed by atoms with van der Waals surface area (Å²) in [6.07, 6.45) is 4.98. The molecule has 0 aliphatic carbocycles. The number of aromatic nitrogens is 3. The molecular formula is C20H19F2N5O. The van der Waals surface area contributed by atoms with E-state index in [0.29, 0.717) is 11.3 Å². The number of halogens is 2. The molecule has 0 unspecified atom stereocenters. The highest BCUT2D eigenvalue weighted by Gasteiger charge is 2.23. The number of hydrogen-bond donors (Lipinski definition) is 2. The summed E-state index contributed by atoms with van der Waals surface area (Å²) in [6.45, 7) is 1.60. The standard InChI is InChI=1S/C20H19F2N5O/c21-15-2-1-13(9-16(15)22)18-11-25-20(26-18)12-4-7-27(8-5-12)14-3-6-24-17(10-14)19(23)28/h1-3,6,9-12H,4-5,7-8H2,(H2,23,28)(H,25,26). The van der Waals surface area contributed by atoms with E-state index in [-0.39, 0.29) is 11.6 Å². The van der Waals surface area contributed by atoms with Gasteiger partial charge in [-0.2, -0.15) is 0 Å². The van der Waals surface area contributed by atoms with Crippen molar-refractivity contribution in [3.8, 4) is 11.3 Å². The molecule has 8 heteroatoms. The van der Waals surface area contributed by atoms with Crippen molar-refractivity contribution in [2.45, 2.75) is 18.8 Å². The average molecular weight is 383 g/mol. The molecule has 144 valence electrons. The highest BCUT2D eigenvalue weighted by Crippen LogP contribution is 2.30. The van der Waals surface area contributed by atoms with Crippen LogP contribution in [0.3, 0.4) is 0 Å². The van der Waals surface area contributed by atoms with Crippen molar-refractivity contribution in [2.75, 3.05) is 18.0 Å². The van der Waals surface area contributed by atoms with Gasteiger partial charge in [0.2, 0.25) is 0 Å². The van der Waals surface area contributed by atoms with Crippen LogP contribution < -0.4 is 10.6 Å². The summed E-state index contributed by atoms with van der Waals surface area (Å²) in [6, 6.07) is 7.36. The third kappa shape index (κ3) is 3.58. The first-order chi connectivity index (χ1) is 13.5. The van der Waals surface area contributed by atoms with Gasteiger partial charge in [-0.15, -0.1) is 0 Å². The normalized spacial score (nSPS) is 15.0. The Bertz CT molecular complexity index is 1010. The molecule has 1 aliphatic heterocycles. The van der Waals surface area contributed by atoms with Gasteiger partial charge >= 0.3 is 0 Å². The Labute approximate surface area is 160 Å². The van der Waals surface area contributed by atoms with Crippen LogP contribution in [0.25, 0.3) is 11.3 Å². The van der Waals surface area contributed by atoms with Crippen molar-refractivity contribution >= 4 is 11.6 Å². The first-order valence-electron chi connectivity index (χ1n) is 9.02. The number of nitrogens with two attached hydrogens (primary N) is 1. The van der Waals surface area contributed by atoms with Crippen LogP contribution in [0.15, 0.2) is 42.7 Å². The third-order valence-corrected chi connectivity index (χ3v) is 5.07. The Hall–Kier alpha value is -3.29. The van der Waals surface area contributed by atoms with Crippen LogP contribution in [0.4, 0.5) is 14.5 Å². The number of H-pyrrole nitrogens is 1. The number of rotatable bonds is 4. The molecule has 0 bridgehead atoms. The Balaban J connectivity index is 1.44. The molecule has 3 aromatic rings. The lowest BCUT2D eigenvalue weighted by atomic mass is 9.96. The average Bonchev–Trinajstić information content (AvgIpc) is 3.20. The smallest absolute Gasteiger partial charge is 0.267 e. The number of aromatic amines is 1. The van der Waals surface area contributed by atoms with Crippen molar-refractivity contribution in [1.82, 2.24) is 15.0 Å². The van der Waals surface area contributed by atoms with Gasteiger partial charge in [0.15, 0.2) is 11.6 Å². The number of piperidine rings is 1. The Morgan fingerprint density at radius 1 is 1.11 bits per heavy atom. The fraction of sp³-hybridized carbons (Fsp3) is 0.250. The molecule has 0 spiro atoms. The van der Waals surface area contributed by atoms with Crippen molar-refractivity contribution in [2.24, 2.45) is 5.73 Å². The van der Waals surface area contributed by atoms with E-state index in [1.807, 2.05) is 6.07 Å².